The molecular formula is C11H13N3O3S. The fraction of sp³-hybridized carbons (Fsp3) is 0.364. The topological polar surface area (TPSA) is 87.3 Å². The lowest BCUT2D eigenvalue weighted by Crippen LogP contribution is -2.05. The number of esters is 1. The van der Waals surface area contributed by atoms with Crippen molar-refractivity contribution in [2.45, 2.75) is 13.8 Å². The predicted octanol–water partition coefficient (Wildman–Crippen LogP) is 1.85. The van der Waals surface area contributed by atoms with Gasteiger partial charge >= 0.3 is 5.97 Å². The Morgan fingerprint density at radius 2 is 2.17 bits per heavy atom. The number of nitrogen functional groups attached to an aromatic ring is 1. The third-order valence-corrected chi connectivity index (χ3v) is 3.33. The maximum atomic E-state index is 11.7. The number of aromatic nitrogens is 2. The molecule has 18 heavy (non-hydrogen) atoms. The summed E-state index contributed by atoms with van der Waals surface area (Å²) in [4.78, 5) is 20.8. The second kappa shape index (κ2) is 5.18. The van der Waals surface area contributed by atoms with Gasteiger partial charge in [-0.25, -0.2) is 14.8 Å². The lowest BCUT2D eigenvalue weighted by Gasteiger charge is -2.03. The van der Waals surface area contributed by atoms with Crippen molar-refractivity contribution in [1.29, 1.82) is 0 Å². The van der Waals surface area contributed by atoms with Gasteiger partial charge in [-0.1, -0.05) is 0 Å². The first-order chi connectivity index (χ1) is 8.69. The molecule has 0 saturated heterocycles. The van der Waals surface area contributed by atoms with E-state index in [1.165, 1.54) is 17.7 Å². The van der Waals surface area contributed by atoms with Crippen LogP contribution in [0.1, 0.15) is 23.5 Å². The van der Waals surface area contributed by atoms with Crippen LogP contribution in [0.25, 0.3) is 10.2 Å². The number of carbonyl (C=O) groups is 1. The fourth-order valence-corrected chi connectivity index (χ4v) is 2.47. The van der Waals surface area contributed by atoms with Gasteiger partial charge in [-0.15, -0.1) is 11.3 Å². The maximum Gasteiger partial charge on any atom is 0.350 e. The van der Waals surface area contributed by atoms with Crippen molar-refractivity contribution in [2.24, 2.45) is 0 Å². The first-order valence-electron chi connectivity index (χ1n) is 5.51. The van der Waals surface area contributed by atoms with Crippen LogP contribution in [0.4, 0.5) is 5.69 Å². The average molecular weight is 267 g/mol. The van der Waals surface area contributed by atoms with Crippen molar-refractivity contribution in [1.82, 2.24) is 9.97 Å². The van der Waals surface area contributed by atoms with Crippen LogP contribution < -0.4 is 10.5 Å². The van der Waals surface area contributed by atoms with Crippen molar-refractivity contribution in [3.05, 3.63) is 11.2 Å². The molecule has 0 amide bonds. The molecule has 2 aromatic rings. The van der Waals surface area contributed by atoms with E-state index in [1.54, 1.807) is 6.92 Å². The number of hydrogen-bond acceptors (Lipinski definition) is 7. The van der Waals surface area contributed by atoms with E-state index in [9.17, 15) is 4.79 Å². The van der Waals surface area contributed by atoms with Crippen molar-refractivity contribution in [3.63, 3.8) is 0 Å². The second-order valence-corrected chi connectivity index (χ2v) is 4.36. The normalized spacial score (nSPS) is 10.6. The SMILES string of the molecule is CCOC(=O)c1sc2ncnc(OCC)c2c1N. The zero-order valence-electron chi connectivity index (χ0n) is 10.1. The van der Waals surface area contributed by atoms with Crippen LogP contribution in [0.15, 0.2) is 6.33 Å². The van der Waals surface area contributed by atoms with Gasteiger partial charge in [-0.3, -0.25) is 0 Å². The molecule has 0 aliphatic rings. The highest BCUT2D eigenvalue weighted by Crippen LogP contribution is 2.37. The Morgan fingerprint density at radius 1 is 1.39 bits per heavy atom. The molecule has 96 valence electrons. The molecule has 2 heterocycles. The van der Waals surface area contributed by atoms with E-state index in [1.807, 2.05) is 6.92 Å². The summed E-state index contributed by atoms with van der Waals surface area (Å²) in [6, 6.07) is 0. The number of carbonyl (C=O) groups excluding carboxylic acids is 1. The van der Waals surface area contributed by atoms with Crippen LogP contribution in [-0.2, 0) is 4.74 Å². The summed E-state index contributed by atoms with van der Waals surface area (Å²) in [6.07, 6.45) is 1.39. The molecule has 0 fully saturated rings. The highest BCUT2D eigenvalue weighted by atomic mass is 32.1. The smallest absolute Gasteiger partial charge is 0.350 e. The Labute approximate surface area is 108 Å². The molecule has 0 bridgehead atoms. The van der Waals surface area contributed by atoms with Crippen LogP contribution in [0.3, 0.4) is 0 Å². The monoisotopic (exact) mass is 267 g/mol. The third kappa shape index (κ3) is 2.08. The molecule has 2 aromatic heterocycles. The van der Waals surface area contributed by atoms with Crippen LogP contribution >= 0.6 is 11.3 Å². The van der Waals surface area contributed by atoms with E-state index in [2.05, 4.69) is 9.97 Å². The number of fused-ring (bicyclic) bond motifs is 1. The summed E-state index contributed by atoms with van der Waals surface area (Å²) < 4.78 is 10.3. The minimum Gasteiger partial charge on any atom is -0.477 e. The zero-order valence-corrected chi connectivity index (χ0v) is 10.9. The molecule has 0 saturated carbocycles. The minimum absolute atomic E-state index is 0.302. The second-order valence-electron chi connectivity index (χ2n) is 3.36. The number of anilines is 1. The van der Waals surface area contributed by atoms with Crippen molar-refractivity contribution in [3.8, 4) is 5.88 Å². The maximum absolute atomic E-state index is 11.7. The van der Waals surface area contributed by atoms with Gasteiger partial charge in [-0.05, 0) is 13.8 Å². The largest absolute Gasteiger partial charge is 0.477 e. The standard InChI is InChI=1S/C11H13N3O3S/c1-3-16-9-6-7(12)8(11(15)17-4-2)18-10(6)14-5-13-9/h5H,3-4,12H2,1-2H3. The quantitative estimate of drug-likeness (QED) is 0.850. The summed E-state index contributed by atoms with van der Waals surface area (Å²) in [7, 11) is 0. The molecule has 0 atom stereocenters. The molecular weight excluding hydrogens is 254 g/mol. The van der Waals surface area contributed by atoms with E-state index >= 15 is 0 Å². The molecule has 7 heteroatoms. The first-order valence-corrected chi connectivity index (χ1v) is 6.33. The van der Waals surface area contributed by atoms with E-state index in [4.69, 9.17) is 15.2 Å². The molecule has 0 radical (unpaired) electrons. The summed E-state index contributed by atoms with van der Waals surface area (Å²) in [5.74, 6) is -0.0488. The van der Waals surface area contributed by atoms with Crippen LogP contribution in [-0.4, -0.2) is 29.2 Å². The Bertz CT molecular complexity index is 582. The Kier molecular flexibility index (Phi) is 3.61. The van der Waals surface area contributed by atoms with Crippen LogP contribution in [0.5, 0.6) is 5.88 Å². The van der Waals surface area contributed by atoms with Gasteiger partial charge in [0, 0.05) is 0 Å². The number of rotatable bonds is 4. The number of hydrogen-bond donors (Lipinski definition) is 1. The summed E-state index contributed by atoms with van der Waals surface area (Å²) >= 11 is 1.18. The van der Waals surface area contributed by atoms with Gasteiger partial charge in [0.15, 0.2) is 0 Å². The molecule has 2 N–H and O–H groups in total. The predicted molar refractivity (Wildman–Crippen MR) is 69.0 cm³/mol. The highest BCUT2D eigenvalue weighted by molar-refractivity contribution is 7.21. The number of ether oxygens (including phenoxy) is 2. The minimum atomic E-state index is -0.444. The summed E-state index contributed by atoms with van der Waals surface area (Å²) in [5, 5.41) is 0.576. The Balaban J connectivity index is 2.56. The summed E-state index contributed by atoms with van der Waals surface area (Å²) in [6.45, 7) is 4.36. The van der Waals surface area contributed by atoms with Crippen molar-refractivity contribution >= 4 is 33.2 Å². The number of nitrogens with zero attached hydrogens (tertiary/aromatic N) is 2. The molecule has 2 rings (SSSR count). The lowest BCUT2D eigenvalue weighted by molar-refractivity contribution is 0.0533. The zero-order chi connectivity index (χ0) is 13.1. The lowest BCUT2D eigenvalue weighted by atomic mass is 10.3. The molecule has 0 aromatic carbocycles. The van der Waals surface area contributed by atoms with Gasteiger partial charge in [0.2, 0.25) is 5.88 Å². The number of thiophene rings is 1. The van der Waals surface area contributed by atoms with Crippen molar-refractivity contribution in [2.75, 3.05) is 18.9 Å². The van der Waals surface area contributed by atoms with E-state index in [-0.39, 0.29) is 0 Å². The number of nitrogens with two attached hydrogens (primary N) is 1. The molecule has 0 aliphatic carbocycles. The Hall–Kier alpha value is -1.89. The van der Waals surface area contributed by atoms with Gasteiger partial charge in [0.25, 0.3) is 0 Å². The van der Waals surface area contributed by atoms with E-state index in [0.717, 1.165) is 0 Å². The molecule has 0 aliphatic heterocycles. The van der Waals surface area contributed by atoms with Gasteiger partial charge in [0.1, 0.15) is 16.0 Å². The van der Waals surface area contributed by atoms with Gasteiger partial charge in [0.05, 0.1) is 24.3 Å². The average Bonchev–Trinajstić information content (AvgIpc) is 2.69. The first kappa shape index (κ1) is 12.6. The van der Waals surface area contributed by atoms with Gasteiger partial charge in [-0.2, -0.15) is 0 Å². The van der Waals surface area contributed by atoms with Crippen molar-refractivity contribution < 1.29 is 14.3 Å². The molecule has 0 spiro atoms. The Morgan fingerprint density at radius 3 is 2.83 bits per heavy atom. The fourth-order valence-electron chi connectivity index (χ4n) is 1.52. The molecule has 6 nitrogen and oxygen atoms in total. The third-order valence-electron chi connectivity index (χ3n) is 2.23. The highest BCUT2D eigenvalue weighted by Gasteiger charge is 2.21. The van der Waals surface area contributed by atoms with E-state index in [0.29, 0.717) is 39.9 Å². The summed E-state index contributed by atoms with van der Waals surface area (Å²) in [5.41, 5.74) is 6.27. The van der Waals surface area contributed by atoms with Crippen LogP contribution in [0, 0.1) is 0 Å². The van der Waals surface area contributed by atoms with E-state index < -0.39 is 5.97 Å². The molecule has 0 unspecified atom stereocenters. The van der Waals surface area contributed by atoms with Crippen LogP contribution in [0.2, 0.25) is 0 Å². The van der Waals surface area contributed by atoms with Gasteiger partial charge < -0.3 is 15.2 Å².